The summed E-state index contributed by atoms with van der Waals surface area (Å²) in [5.74, 6) is 0.122. The second-order valence-electron chi connectivity index (χ2n) is 7.55. The molecular weight excluding hydrogens is 316 g/mol. The summed E-state index contributed by atoms with van der Waals surface area (Å²) in [5.41, 5.74) is -0.118. The van der Waals surface area contributed by atoms with Crippen LogP contribution in [-0.4, -0.2) is 39.2 Å². The van der Waals surface area contributed by atoms with E-state index in [1.165, 1.54) is 4.57 Å². The lowest BCUT2D eigenvalue weighted by Gasteiger charge is -2.47. The minimum absolute atomic E-state index is 0.0422. The second kappa shape index (κ2) is 5.99. The number of likely N-dealkylation sites (tertiary alicyclic amines) is 1. The highest BCUT2D eigenvalue weighted by molar-refractivity contribution is 6.06. The molecule has 2 heterocycles. The minimum atomic E-state index is -0.597. The molecule has 1 amide bonds. The van der Waals surface area contributed by atoms with Crippen LogP contribution >= 0.6 is 0 Å². The van der Waals surface area contributed by atoms with Gasteiger partial charge in [-0.2, -0.15) is 0 Å². The van der Waals surface area contributed by atoms with Crippen LogP contribution in [-0.2, 0) is 7.05 Å². The van der Waals surface area contributed by atoms with E-state index in [2.05, 4.69) is 0 Å². The molecule has 2 aliphatic rings. The third-order valence-electron chi connectivity index (χ3n) is 6.04. The van der Waals surface area contributed by atoms with Gasteiger partial charge in [-0.25, -0.2) is 0 Å². The molecular formula is C20H24N2O3. The van der Waals surface area contributed by atoms with Crippen molar-refractivity contribution in [3.05, 3.63) is 46.4 Å². The fraction of sp³-hybridized carbons (Fsp3) is 0.500. The van der Waals surface area contributed by atoms with Crippen LogP contribution in [0.1, 0.15) is 42.5 Å². The van der Waals surface area contributed by atoms with Gasteiger partial charge in [-0.05, 0) is 25.3 Å². The number of fused-ring (bicyclic) bond motifs is 2. The molecule has 25 heavy (non-hydrogen) atoms. The van der Waals surface area contributed by atoms with Crippen molar-refractivity contribution in [1.82, 2.24) is 9.47 Å². The highest BCUT2D eigenvalue weighted by Gasteiger charge is 2.43. The Hall–Kier alpha value is -2.14. The van der Waals surface area contributed by atoms with Gasteiger partial charge in [-0.15, -0.1) is 0 Å². The standard InChI is InChI=1S/C20H24N2O3/c1-21-13-17(15-7-2-3-8-16(15)18(21)23)19(24)22-11-10-20(25)9-5-4-6-14(20)12-22/h2-3,7-8,13-14,25H,4-6,9-12H2,1H3/t14-,20+/m0/s1. The van der Waals surface area contributed by atoms with Crippen molar-refractivity contribution in [2.75, 3.05) is 13.1 Å². The maximum absolute atomic E-state index is 13.2. The number of pyridine rings is 1. The molecule has 2 atom stereocenters. The first-order valence-corrected chi connectivity index (χ1v) is 9.10. The average Bonchev–Trinajstić information content (AvgIpc) is 2.63. The zero-order valence-electron chi connectivity index (χ0n) is 14.6. The van der Waals surface area contributed by atoms with Gasteiger partial charge in [0.1, 0.15) is 0 Å². The average molecular weight is 340 g/mol. The van der Waals surface area contributed by atoms with Crippen LogP contribution < -0.4 is 5.56 Å². The van der Waals surface area contributed by atoms with Gasteiger partial charge in [0.2, 0.25) is 0 Å². The lowest BCUT2D eigenvalue weighted by Crippen LogP contribution is -2.54. The number of carbonyl (C=O) groups excluding carboxylic acids is 1. The van der Waals surface area contributed by atoms with Crippen molar-refractivity contribution in [3.63, 3.8) is 0 Å². The molecule has 2 aromatic rings. The maximum atomic E-state index is 13.2. The number of aromatic nitrogens is 1. The molecule has 132 valence electrons. The van der Waals surface area contributed by atoms with E-state index in [0.717, 1.165) is 25.7 Å². The summed E-state index contributed by atoms with van der Waals surface area (Å²) >= 11 is 0. The number of carbonyl (C=O) groups is 1. The van der Waals surface area contributed by atoms with Crippen molar-refractivity contribution in [2.24, 2.45) is 13.0 Å². The summed E-state index contributed by atoms with van der Waals surface area (Å²) in [5, 5.41) is 12.1. The highest BCUT2D eigenvalue weighted by atomic mass is 16.3. The first-order valence-electron chi connectivity index (χ1n) is 9.10. The van der Waals surface area contributed by atoms with Crippen molar-refractivity contribution in [1.29, 1.82) is 0 Å². The van der Waals surface area contributed by atoms with E-state index in [1.807, 2.05) is 23.1 Å². The Morgan fingerprint density at radius 1 is 1.20 bits per heavy atom. The number of aliphatic hydroxyl groups is 1. The summed E-state index contributed by atoms with van der Waals surface area (Å²) < 4.78 is 1.48. The van der Waals surface area contributed by atoms with E-state index in [1.54, 1.807) is 19.3 Å². The van der Waals surface area contributed by atoms with Crippen LogP contribution in [0.5, 0.6) is 0 Å². The van der Waals surface area contributed by atoms with E-state index in [9.17, 15) is 14.7 Å². The Balaban J connectivity index is 1.69. The second-order valence-corrected chi connectivity index (χ2v) is 7.55. The summed E-state index contributed by atoms with van der Waals surface area (Å²) in [7, 11) is 1.68. The number of hydrogen-bond donors (Lipinski definition) is 1. The first-order chi connectivity index (χ1) is 12.0. The third-order valence-corrected chi connectivity index (χ3v) is 6.04. The molecule has 1 saturated heterocycles. The molecule has 0 radical (unpaired) electrons. The van der Waals surface area contributed by atoms with Crippen molar-refractivity contribution >= 4 is 16.7 Å². The van der Waals surface area contributed by atoms with Gasteiger partial charge >= 0.3 is 0 Å². The van der Waals surface area contributed by atoms with Crippen LogP contribution in [0.15, 0.2) is 35.3 Å². The largest absolute Gasteiger partial charge is 0.389 e. The number of nitrogens with zero attached hydrogens (tertiary/aromatic N) is 2. The van der Waals surface area contributed by atoms with E-state index >= 15 is 0 Å². The molecule has 1 saturated carbocycles. The number of amides is 1. The Kier molecular flexibility index (Phi) is 3.91. The molecule has 4 rings (SSSR count). The molecule has 1 aliphatic carbocycles. The maximum Gasteiger partial charge on any atom is 0.258 e. The molecule has 1 aromatic heterocycles. The van der Waals surface area contributed by atoms with Crippen LogP contribution in [0.3, 0.4) is 0 Å². The van der Waals surface area contributed by atoms with Crippen molar-refractivity contribution < 1.29 is 9.90 Å². The van der Waals surface area contributed by atoms with Gasteiger partial charge < -0.3 is 14.6 Å². The van der Waals surface area contributed by atoms with Gasteiger partial charge in [-0.3, -0.25) is 9.59 Å². The van der Waals surface area contributed by atoms with Gasteiger partial charge in [0.25, 0.3) is 11.5 Å². The Labute approximate surface area is 146 Å². The zero-order chi connectivity index (χ0) is 17.6. The zero-order valence-corrected chi connectivity index (χ0v) is 14.6. The molecule has 2 fully saturated rings. The monoisotopic (exact) mass is 340 g/mol. The van der Waals surface area contributed by atoms with E-state index in [-0.39, 0.29) is 17.4 Å². The Morgan fingerprint density at radius 3 is 2.76 bits per heavy atom. The molecule has 1 aliphatic heterocycles. The smallest absolute Gasteiger partial charge is 0.258 e. The quantitative estimate of drug-likeness (QED) is 0.866. The number of rotatable bonds is 1. The lowest BCUT2D eigenvalue weighted by atomic mass is 9.71. The number of piperidine rings is 1. The van der Waals surface area contributed by atoms with Gasteiger partial charge in [0.15, 0.2) is 0 Å². The molecule has 0 unspecified atom stereocenters. The molecule has 1 aromatic carbocycles. The Morgan fingerprint density at radius 2 is 1.96 bits per heavy atom. The number of hydrogen-bond acceptors (Lipinski definition) is 3. The van der Waals surface area contributed by atoms with Crippen LogP contribution in [0.4, 0.5) is 0 Å². The van der Waals surface area contributed by atoms with E-state index in [4.69, 9.17) is 0 Å². The number of aryl methyl sites for hydroxylation is 1. The van der Waals surface area contributed by atoms with Crippen molar-refractivity contribution in [3.8, 4) is 0 Å². The summed E-state index contributed by atoms with van der Waals surface area (Å²) in [4.78, 5) is 27.4. The fourth-order valence-electron chi connectivity index (χ4n) is 4.51. The van der Waals surface area contributed by atoms with Gasteiger partial charge in [0.05, 0.1) is 11.2 Å². The first kappa shape index (κ1) is 16.3. The summed E-state index contributed by atoms with van der Waals surface area (Å²) in [6.45, 7) is 1.18. The van der Waals surface area contributed by atoms with Gasteiger partial charge in [-0.1, -0.05) is 31.0 Å². The Bertz CT molecular complexity index is 888. The predicted molar refractivity (Wildman–Crippen MR) is 96.6 cm³/mol. The summed E-state index contributed by atoms with van der Waals surface area (Å²) in [6, 6.07) is 7.28. The van der Waals surface area contributed by atoms with Crippen LogP contribution in [0, 0.1) is 5.92 Å². The molecule has 0 bridgehead atoms. The topological polar surface area (TPSA) is 62.5 Å². The van der Waals surface area contributed by atoms with Crippen molar-refractivity contribution in [2.45, 2.75) is 37.7 Å². The van der Waals surface area contributed by atoms with Gasteiger partial charge in [0, 0.05) is 43.0 Å². The molecule has 5 heteroatoms. The van der Waals surface area contributed by atoms with Crippen LogP contribution in [0.2, 0.25) is 0 Å². The lowest BCUT2D eigenvalue weighted by molar-refractivity contribution is -0.0886. The SMILES string of the molecule is Cn1cc(C(=O)N2CC[C@]3(O)CCCC[C@H]3C2)c2ccccc2c1=O. The van der Waals surface area contributed by atoms with Crippen LogP contribution in [0.25, 0.3) is 10.8 Å². The molecule has 5 nitrogen and oxygen atoms in total. The normalized spacial score (nSPS) is 26.5. The number of benzene rings is 1. The highest BCUT2D eigenvalue weighted by Crippen LogP contribution is 2.40. The minimum Gasteiger partial charge on any atom is -0.389 e. The molecule has 0 spiro atoms. The fourth-order valence-corrected chi connectivity index (χ4v) is 4.51. The predicted octanol–water partition coefficient (Wildman–Crippen LogP) is 2.31. The third kappa shape index (κ3) is 2.67. The summed E-state index contributed by atoms with van der Waals surface area (Å²) in [6.07, 6.45) is 6.32. The van der Waals surface area contributed by atoms with E-state index < -0.39 is 5.60 Å². The molecule has 1 N–H and O–H groups in total. The van der Waals surface area contributed by atoms with E-state index in [0.29, 0.717) is 35.8 Å².